The Bertz CT molecular complexity index is 573. The maximum atomic E-state index is 6.06. The van der Waals surface area contributed by atoms with E-state index in [9.17, 15) is 0 Å². The number of nitrogens with two attached hydrogens (primary N) is 1. The second-order valence-electron chi connectivity index (χ2n) is 5.15. The molecule has 19 heavy (non-hydrogen) atoms. The summed E-state index contributed by atoms with van der Waals surface area (Å²) < 4.78 is 5.51. The molecule has 0 saturated heterocycles. The number of halogens is 1. The second-order valence-corrected chi connectivity index (χ2v) is 5.59. The summed E-state index contributed by atoms with van der Waals surface area (Å²) in [6, 6.07) is 7.70. The van der Waals surface area contributed by atoms with Crippen LogP contribution in [0, 0.1) is 0 Å². The summed E-state index contributed by atoms with van der Waals surface area (Å²) in [5.41, 5.74) is 7.90. The lowest BCUT2D eigenvalue weighted by Crippen LogP contribution is -2.05. The predicted molar refractivity (Wildman–Crippen MR) is 77.2 cm³/mol. The largest absolute Gasteiger partial charge is 0.380 e. The molecular weight excluding hydrogens is 260 g/mol. The SMILES string of the molecule is Nc1noc(C2CCCCC2)c1-c1cccc(Cl)c1. The molecule has 1 saturated carbocycles. The number of aromatic nitrogens is 1. The van der Waals surface area contributed by atoms with Crippen LogP contribution in [0.3, 0.4) is 0 Å². The van der Waals surface area contributed by atoms with Gasteiger partial charge in [-0.1, -0.05) is 48.2 Å². The van der Waals surface area contributed by atoms with Crippen molar-refractivity contribution < 1.29 is 4.52 Å². The molecule has 0 amide bonds. The highest BCUT2D eigenvalue weighted by Crippen LogP contribution is 2.41. The van der Waals surface area contributed by atoms with Gasteiger partial charge in [0.15, 0.2) is 5.82 Å². The van der Waals surface area contributed by atoms with Crippen molar-refractivity contribution in [2.75, 3.05) is 5.73 Å². The van der Waals surface area contributed by atoms with E-state index in [1.165, 1.54) is 19.3 Å². The van der Waals surface area contributed by atoms with Gasteiger partial charge in [0.2, 0.25) is 0 Å². The minimum absolute atomic E-state index is 0.438. The van der Waals surface area contributed by atoms with Crippen LogP contribution in [0.5, 0.6) is 0 Å². The average molecular weight is 277 g/mol. The lowest BCUT2D eigenvalue weighted by molar-refractivity contribution is 0.323. The van der Waals surface area contributed by atoms with Gasteiger partial charge >= 0.3 is 0 Å². The molecular formula is C15H17ClN2O. The zero-order valence-corrected chi connectivity index (χ0v) is 11.5. The minimum Gasteiger partial charge on any atom is -0.380 e. The summed E-state index contributed by atoms with van der Waals surface area (Å²) in [5.74, 6) is 1.83. The molecule has 0 spiro atoms. The Kier molecular flexibility index (Phi) is 3.47. The fraction of sp³-hybridized carbons (Fsp3) is 0.400. The second kappa shape index (κ2) is 5.25. The summed E-state index contributed by atoms with van der Waals surface area (Å²) >= 11 is 6.06. The minimum atomic E-state index is 0.438. The van der Waals surface area contributed by atoms with Crippen LogP contribution in [-0.2, 0) is 0 Å². The molecule has 0 radical (unpaired) electrons. The van der Waals surface area contributed by atoms with Gasteiger partial charge in [-0.05, 0) is 30.5 Å². The third-order valence-electron chi connectivity index (χ3n) is 3.83. The molecule has 0 atom stereocenters. The molecule has 100 valence electrons. The molecule has 2 aromatic rings. The van der Waals surface area contributed by atoms with E-state index in [4.69, 9.17) is 21.9 Å². The van der Waals surface area contributed by atoms with Crippen LogP contribution in [0.2, 0.25) is 5.02 Å². The van der Waals surface area contributed by atoms with E-state index in [-0.39, 0.29) is 0 Å². The Balaban J connectivity index is 2.03. The summed E-state index contributed by atoms with van der Waals surface area (Å²) in [6.45, 7) is 0. The first kappa shape index (κ1) is 12.5. The zero-order valence-electron chi connectivity index (χ0n) is 10.7. The van der Waals surface area contributed by atoms with Gasteiger partial charge < -0.3 is 10.3 Å². The normalized spacial score (nSPS) is 16.7. The van der Waals surface area contributed by atoms with Crippen molar-refractivity contribution in [2.24, 2.45) is 0 Å². The molecule has 0 aliphatic heterocycles. The molecule has 1 aromatic heterocycles. The van der Waals surface area contributed by atoms with Crippen molar-refractivity contribution in [2.45, 2.75) is 38.0 Å². The third-order valence-corrected chi connectivity index (χ3v) is 4.07. The predicted octanol–water partition coefficient (Wildman–Crippen LogP) is 4.62. The highest BCUT2D eigenvalue weighted by molar-refractivity contribution is 6.30. The van der Waals surface area contributed by atoms with Crippen molar-refractivity contribution in [3.05, 3.63) is 35.0 Å². The van der Waals surface area contributed by atoms with Gasteiger partial charge in [-0.25, -0.2) is 0 Å². The first-order valence-electron chi connectivity index (χ1n) is 6.76. The summed E-state index contributed by atoms with van der Waals surface area (Å²) in [7, 11) is 0. The fourth-order valence-electron chi connectivity index (χ4n) is 2.89. The zero-order chi connectivity index (χ0) is 13.2. The molecule has 0 unspecified atom stereocenters. The Hall–Kier alpha value is -1.48. The molecule has 4 heteroatoms. The maximum Gasteiger partial charge on any atom is 0.175 e. The maximum absolute atomic E-state index is 6.06. The number of rotatable bonds is 2. The molecule has 3 nitrogen and oxygen atoms in total. The van der Waals surface area contributed by atoms with Gasteiger partial charge in [0, 0.05) is 10.9 Å². The molecule has 3 rings (SSSR count). The fourth-order valence-corrected chi connectivity index (χ4v) is 3.08. The standard InChI is InChI=1S/C15H17ClN2O/c16-12-8-4-7-11(9-12)13-14(19-18-15(13)17)10-5-2-1-3-6-10/h4,7-10H,1-3,5-6H2,(H2,17,18). The van der Waals surface area contributed by atoms with Crippen LogP contribution in [0.25, 0.3) is 11.1 Å². The van der Waals surface area contributed by atoms with Crippen LogP contribution >= 0.6 is 11.6 Å². The van der Waals surface area contributed by atoms with Crippen molar-refractivity contribution >= 4 is 17.4 Å². The highest BCUT2D eigenvalue weighted by atomic mass is 35.5. The monoisotopic (exact) mass is 276 g/mol. The van der Waals surface area contributed by atoms with E-state index in [2.05, 4.69) is 5.16 Å². The number of hydrogen-bond donors (Lipinski definition) is 1. The smallest absolute Gasteiger partial charge is 0.175 e. The van der Waals surface area contributed by atoms with Gasteiger partial charge in [-0.3, -0.25) is 0 Å². The van der Waals surface area contributed by atoms with E-state index in [1.54, 1.807) is 0 Å². The van der Waals surface area contributed by atoms with Crippen molar-refractivity contribution in [1.82, 2.24) is 5.16 Å². The summed E-state index contributed by atoms with van der Waals surface area (Å²) in [6.07, 6.45) is 6.12. The van der Waals surface area contributed by atoms with E-state index in [0.717, 1.165) is 29.7 Å². The van der Waals surface area contributed by atoms with Gasteiger partial charge in [0.1, 0.15) is 5.76 Å². The molecule has 2 N–H and O–H groups in total. The highest BCUT2D eigenvalue weighted by Gasteiger charge is 2.25. The first-order chi connectivity index (χ1) is 9.25. The van der Waals surface area contributed by atoms with Crippen LogP contribution in [-0.4, -0.2) is 5.16 Å². The van der Waals surface area contributed by atoms with Crippen LogP contribution in [0.15, 0.2) is 28.8 Å². The van der Waals surface area contributed by atoms with Crippen molar-refractivity contribution in [1.29, 1.82) is 0 Å². The lowest BCUT2D eigenvalue weighted by atomic mass is 9.85. The Labute approximate surface area is 117 Å². The van der Waals surface area contributed by atoms with Crippen molar-refractivity contribution in [3.8, 4) is 11.1 Å². The number of nitrogens with zero attached hydrogens (tertiary/aromatic N) is 1. The Morgan fingerprint density at radius 2 is 2.00 bits per heavy atom. The van der Waals surface area contributed by atoms with Gasteiger partial charge in [0.05, 0.1) is 5.56 Å². The molecule has 0 bridgehead atoms. The summed E-state index contributed by atoms with van der Waals surface area (Å²) in [5, 5.41) is 4.66. The van der Waals surface area contributed by atoms with Crippen molar-refractivity contribution in [3.63, 3.8) is 0 Å². The molecule has 1 aromatic carbocycles. The number of benzene rings is 1. The molecule has 1 heterocycles. The third kappa shape index (κ3) is 2.47. The van der Waals surface area contributed by atoms with Gasteiger partial charge in [-0.2, -0.15) is 0 Å². The van der Waals surface area contributed by atoms with Crippen LogP contribution < -0.4 is 5.73 Å². The van der Waals surface area contributed by atoms with Gasteiger partial charge in [0.25, 0.3) is 0 Å². The van der Waals surface area contributed by atoms with E-state index >= 15 is 0 Å². The van der Waals surface area contributed by atoms with E-state index in [1.807, 2.05) is 24.3 Å². The summed E-state index contributed by atoms with van der Waals surface area (Å²) in [4.78, 5) is 0. The average Bonchev–Trinajstić information content (AvgIpc) is 2.82. The number of hydrogen-bond acceptors (Lipinski definition) is 3. The Morgan fingerprint density at radius 3 is 2.74 bits per heavy atom. The molecule has 1 aliphatic rings. The van der Waals surface area contributed by atoms with Crippen LogP contribution in [0.4, 0.5) is 5.82 Å². The van der Waals surface area contributed by atoms with E-state index < -0.39 is 0 Å². The quantitative estimate of drug-likeness (QED) is 0.870. The molecule has 1 fully saturated rings. The molecule has 1 aliphatic carbocycles. The number of nitrogen functional groups attached to an aromatic ring is 1. The lowest BCUT2D eigenvalue weighted by Gasteiger charge is -2.20. The van der Waals surface area contributed by atoms with E-state index in [0.29, 0.717) is 16.8 Å². The van der Waals surface area contributed by atoms with Gasteiger partial charge in [-0.15, -0.1) is 0 Å². The Morgan fingerprint density at radius 1 is 1.21 bits per heavy atom. The van der Waals surface area contributed by atoms with Crippen LogP contribution in [0.1, 0.15) is 43.8 Å². The topological polar surface area (TPSA) is 52.0 Å². The first-order valence-corrected chi connectivity index (χ1v) is 7.14. The number of anilines is 1.